The fourth-order valence-corrected chi connectivity index (χ4v) is 3.53. The number of hydrogen-bond acceptors (Lipinski definition) is 5. The fraction of sp³-hybridized carbons (Fsp3) is 0.391. The van der Waals surface area contributed by atoms with Gasteiger partial charge in [-0.05, 0) is 30.2 Å². The third kappa shape index (κ3) is 5.39. The molecule has 0 unspecified atom stereocenters. The van der Waals surface area contributed by atoms with Crippen LogP contribution in [-0.2, 0) is 17.9 Å². The van der Waals surface area contributed by atoms with E-state index in [0.29, 0.717) is 42.7 Å². The van der Waals surface area contributed by atoms with E-state index in [9.17, 15) is 4.79 Å². The number of ether oxygens (including phenoxy) is 3. The lowest BCUT2D eigenvalue weighted by molar-refractivity contribution is -0.117. The first kappa shape index (κ1) is 22.3. The van der Waals surface area contributed by atoms with Crippen molar-refractivity contribution in [3.8, 4) is 17.2 Å². The minimum absolute atomic E-state index is 0.195. The lowest BCUT2D eigenvalue weighted by Crippen LogP contribution is -2.36. The van der Waals surface area contributed by atoms with Gasteiger partial charge >= 0.3 is 0 Å². The van der Waals surface area contributed by atoms with E-state index in [2.05, 4.69) is 15.6 Å². The molecule has 0 spiro atoms. The summed E-state index contributed by atoms with van der Waals surface area (Å²) in [5, 5.41) is 6.60. The van der Waals surface area contributed by atoms with Crippen molar-refractivity contribution in [2.75, 3.05) is 39.8 Å². The predicted molar refractivity (Wildman–Crippen MR) is 121 cm³/mol. The number of amides is 1. The van der Waals surface area contributed by atoms with Crippen LogP contribution in [0, 0.1) is 0 Å². The van der Waals surface area contributed by atoms with Gasteiger partial charge in [0.1, 0.15) is 5.75 Å². The Morgan fingerprint density at radius 3 is 2.19 bits per heavy atom. The van der Waals surface area contributed by atoms with E-state index in [1.54, 1.807) is 34.4 Å². The molecule has 0 atom stereocenters. The molecule has 3 rings (SSSR count). The summed E-state index contributed by atoms with van der Waals surface area (Å²) in [6, 6.07) is 11.7. The van der Waals surface area contributed by atoms with Crippen molar-refractivity contribution in [3.63, 3.8) is 0 Å². The fourth-order valence-electron chi connectivity index (χ4n) is 3.53. The van der Waals surface area contributed by atoms with E-state index < -0.39 is 0 Å². The average Bonchev–Trinajstić information content (AvgIpc) is 3.24. The third-order valence-corrected chi connectivity index (χ3v) is 5.24. The van der Waals surface area contributed by atoms with Crippen molar-refractivity contribution in [1.82, 2.24) is 10.6 Å². The maximum absolute atomic E-state index is 11.9. The van der Waals surface area contributed by atoms with Crippen molar-refractivity contribution < 1.29 is 19.0 Å². The van der Waals surface area contributed by atoms with Gasteiger partial charge in [-0.2, -0.15) is 0 Å². The highest BCUT2D eigenvalue weighted by Gasteiger charge is 2.21. The summed E-state index contributed by atoms with van der Waals surface area (Å²) >= 11 is 0. The smallest absolute Gasteiger partial charge is 0.227 e. The van der Waals surface area contributed by atoms with Crippen molar-refractivity contribution >= 4 is 17.6 Å². The van der Waals surface area contributed by atoms with Gasteiger partial charge in [-0.3, -0.25) is 9.79 Å². The molecular weight excluding hydrogens is 396 g/mol. The van der Waals surface area contributed by atoms with Gasteiger partial charge in [0.2, 0.25) is 5.91 Å². The largest absolute Gasteiger partial charge is 0.496 e. The highest BCUT2D eigenvalue weighted by Crippen LogP contribution is 2.34. The van der Waals surface area contributed by atoms with Gasteiger partial charge in [0.15, 0.2) is 17.5 Å². The van der Waals surface area contributed by atoms with Crippen LogP contribution >= 0.6 is 0 Å². The number of nitrogens with zero attached hydrogens (tertiary/aromatic N) is 2. The molecule has 1 fully saturated rings. The summed E-state index contributed by atoms with van der Waals surface area (Å²) < 4.78 is 16.2. The minimum Gasteiger partial charge on any atom is -0.496 e. The number of benzene rings is 2. The van der Waals surface area contributed by atoms with Crippen molar-refractivity contribution in [2.24, 2.45) is 4.99 Å². The second-order valence-electron chi connectivity index (χ2n) is 7.11. The van der Waals surface area contributed by atoms with Gasteiger partial charge in [0.05, 0.1) is 21.3 Å². The summed E-state index contributed by atoms with van der Waals surface area (Å²) in [6.45, 7) is 1.91. The molecule has 2 aromatic rings. The van der Waals surface area contributed by atoms with Gasteiger partial charge in [-0.1, -0.05) is 12.1 Å². The van der Waals surface area contributed by atoms with Crippen LogP contribution in [0.3, 0.4) is 0 Å². The van der Waals surface area contributed by atoms with Crippen LogP contribution in [0.25, 0.3) is 0 Å². The summed E-state index contributed by atoms with van der Waals surface area (Å²) in [5.74, 6) is 2.81. The van der Waals surface area contributed by atoms with Crippen LogP contribution < -0.4 is 29.7 Å². The molecule has 1 heterocycles. The number of rotatable bonds is 8. The van der Waals surface area contributed by atoms with E-state index in [4.69, 9.17) is 14.2 Å². The molecule has 1 saturated heterocycles. The highest BCUT2D eigenvalue weighted by molar-refractivity contribution is 5.95. The van der Waals surface area contributed by atoms with Crippen LogP contribution in [0.15, 0.2) is 41.4 Å². The van der Waals surface area contributed by atoms with E-state index >= 15 is 0 Å². The molecular formula is C23H30N4O4. The lowest BCUT2D eigenvalue weighted by Gasteiger charge is -2.17. The Balaban J connectivity index is 1.58. The first-order chi connectivity index (χ1) is 15.1. The molecule has 8 heteroatoms. The Labute approximate surface area is 183 Å². The number of carbonyl (C=O) groups excluding carboxylic acids is 1. The number of nitrogens with one attached hydrogen (secondary N) is 2. The molecule has 0 aliphatic carbocycles. The van der Waals surface area contributed by atoms with Crippen molar-refractivity contribution in [1.29, 1.82) is 0 Å². The van der Waals surface area contributed by atoms with E-state index in [0.717, 1.165) is 29.8 Å². The molecule has 0 bridgehead atoms. The van der Waals surface area contributed by atoms with Crippen LogP contribution in [-0.4, -0.2) is 46.8 Å². The maximum atomic E-state index is 11.9. The summed E-state index contributed by atoms with van der Waals surface area (Å²) in [7, 11) is 6.55. The topological polar surface area (TPSA) is 84.4 Å². The van der Waals surface area contributed by atoms with Crippen LogP contribution in [0.2, 0.25) is 0 Å². The van der Waals surface area contributed by atoms with Crippen LogP contribution in [0.4, 0.5) is 5.69 Å². The Hall–Kier alpha value is -3.42. The number of anilines is 1. The van der Waals surface area contributed by atoms with Gasteiger partial charge in [-0.15, -0.1) is 0 Å². The van der Waals surface area contributed by atoms with Gasteiger partial charge < -0.3 is 29.7 Å². The normalized spacial score (nSPS) is 13.9. The van der Waals surface area contributed by atoms with Crippen molar-refractivity contribution in [2.45, 2.75) is 25.9 Å². The van der Waals surface area contributed by atoms with E-state index in [1.165, 1.54) is 0 Å². The van der Waals surface area contributed by atoms with E-state index in [1.807, 2.05) is 35.2 Å². The standard InChI is InChI=1S/C23H30N4O4/c1-24-23(26-15-17-12-20(30-3)21(31-4)13-19(17)29-2)25-14-16-7-9-18(10-8-16)27-11-5-6-22(27)28/h7-10,12-13H,5-6,11,14-15H2,1-4H3,(H2,24,25,26). The number of aliphatic imine (C=N–C) groups is 1. The molecule has 1 aliphatic heterocycles. The second kappa shape index (κ2) is 10.6. The summed E-state index contributed by atoms with van der Waals surface area (Å²) in [4.78, 5) is 18.0. The zero-order chi connectivity index (χ0) is 22.2. The van der Waals surface area contributed by atoms with Crippen molar-refractivity contribution in [3.05, 3.63) is 47.5 Å². The van der Waals surface area contributed by atoms with Crippen LogP contribution in [0.5, 0.6) is 17.2 Å². The average molecular weight is 427 g/mol. The minimum atomic E-state index is 0.195. The third-order valence-electron chi connectivity index (χ3n) is 5.24. The van der Waals surface area contributed by atoms with Gasteiger partial charge in [0, 0.05) is 50.4 Å². The first-order valence-corrected chi connectivity index (χ1v) is 10.2. The van der Waals surface area contributed by atoms with Gasteiger partial charge in [0.25, 0.3) is 0 Å². The molecule has 0 saturated carbocycles. The maximum Gasteiger partial charge on any atom is 0.227 e. The second-order valence-corrected chi connectivity index (χ2v) is 7.11. The molecule has 1 aliphatic rings. The van der Waals surface area contributed by atoms with E-state index in [-0.39, 0.29) is 5.91 Å². The SMILES string of the molecule is CN=C(NCc1ccc(N2CCCC2=O)cc1)NCc1cc(OC)c(OC)cc1OC. The number of guanidine groups is 1. The summed E-state index contributed by atoms with van der Waals surface area (Å²) in [6.07, 6.45) is 1.56. The molecule has 0 aromatic heterocycles. The number of carbonyl (C=O) groups is 1. The molecule has 0 radical (unpaired) electrons. The Morgan fingerprint density at radius 2 is 1.61 bits per heavy atom. The Morgan fingerprint density at radius 1 is 0.968 bits per heavy atom. The first-order valence-electron chi connectivity index (χ1n) is 10.2. The predicted octanol–water partition coefficient (Wildman–Crippen LogP) is 2.70. The number of methoxy groups -OCH3 is 3. The quantitative estimate of drug-likeness (QED) is 0.499. The molecule has 1 amide bonds. The van der Waals surface area contributed by atoms with Gasteiger partial charge in [-0.25, -0.2) is 0 Å². The zero-order valence-electron chi connectivity index (χ0n) is 18.5. The lowest BCUT2D eigenvalue weighted by atomic mass is 10.1. The Bertz CT molecular complexity index is 928. The molecule has 2 aromatic carbocycles. The number of hydrogen-bond donors (Lipinski definition) is 2. The molecule has 2 N–H and O–H groups in total. The molecule has 31 heavy (non-hydrogen) atoms. The monoisotopic (exact) mass is 426 g/mol. The molecule has 8 nitrogen and oxygen atoms in total. The summed E-state index contributed by atoms with van der Waals surface area (Å²) in [5.41, 5.74) is 2.97. The molecule has 166 valence electrons. The zero-order valence-corrected chi connectivity index (χ0v) is 18.5. The Kier molecular flexibility index (Phi) is 7.59. The highest BCUT2D eigenvalue weighted by atomic mass is 16.5. The van der Waals surface area contributed by atoms with Crippen LogP contribution in [0.1, 0.15) is 24.0 Å².